The van der Waals surface area contributed by atoms with Crippen molar-refractivity contribution in [1.82, 2.24) is 10.2 Å². The molecule has 0 amide bonds. The number of rotatable bonds is 4. The lowest BCUT2D eigenvalue weighted by molar-refractivity contribution is -0.107. The van der Waals surface area contributed by atoms with E-state index in [1.165, 1.54) is 5.56 Å². The molecule has 0 aliphatic carbocycles. The van der Waals surface area contributed by atoms with E-state index in [0.717, 1.165) is 44.6 Å². The van der Waals surface area contributed by atoms with Crippen LogP contribution in [0.2, 0.25) is 0 Å². The van der Waals surface area contributed by atoms with Gasteiger partial charge in [-0.1, -0.05) is 24.3 Å². The summed E-state index contributed by atoms with van der Waals surface area (Å²) in [4.78, 5) is 12.9. The van der Waals surface area contributed by atoms with Crippen molar-refractivity contribution in [3.8, 4) is 0 Å². The van der Waals surface area contributed by atoms with Gasteiger partial charge in [0.2, 0.25) is 0 Å². The lowest BCUT2D eigenvalue weighted by Crippen LogP contribution is -2.42. The van der Waals surface area contributed by atoms with Crippen LogP contribution in [0.1, 0.15) is 11.1 Å². The van der Waals surface area contributed by atoms with Gasteiger partial charge in [-0.2, -0.15) is 0 Å². The third-order valence-corrected chi connectivity index (χ3v) is 2.93. The van der Waals surface area contributed by atoms with Gasteiger partial charge in [0, 0.05) is 39.1 Å². The molecule has 0 unspecified atom stereocenters. The van der Waals surface area contributed by atoms with Crippen molar-refractivity contribution in [3.63, 3.8) is 0 Å². The first-order valence-electron chi connectivity index (χ1n) is 5.83. The van der Waals surface area contributed by atoms with Gasteiger partial charge in [-0.25, -0.2) is 0 Å². The maximum atomic E-state index is 10.5. The van der Waals surface area contributed by atoms with Gasteiger partial charge in [-0.05, 0) is 11.1 Å². The van der Waals surface area contributed by atoms with Gasteiger partial charge < -0.3 is 10.1 Å². The third kappa shape index (κ3) is 3.15. The average Bonchev–Trinajstić information content (AvgIpc) is 2.31. The van der Waals surface area contributed by atoms with E-state index in [2.05, 4.69) is 22.3 Å². The molecule has 0 saturated carbocycles. The van der Waals surface area contributed by atoms with E-state index in [1.54, 1.807) is 0 Å². The lowest BCUT2D eigenvalue weighted by Gasteiger charge is -2.27. The fraction of sp³-hybridized carbons (Fsp3) is 0.462. The van der Waals surface area contributed by atoms with Gasteiger partial charge in [0.05, 0.1) is 0 Å². The maximum absolute atomic E-state index is 10.5. The Kier molecular flexibility index (Phi) is 4.08. The van der Waals surface area contributed by atoms with Crippen LogP contribution in [0.25, 0.3) is 0 Å². The normalized spacial score (nSPS) is 17.2. The highest BCUT2D eigenvalue weighted by atomic mass is 16.1. The minimum Gasteiger partial charge on any atom is -0.314 e. The summed E-state index contributed by atoms with van der Waals surface area (Å²) in [6, 6.07) is 8.32. The first-order valence-corrected chi connectivity index (χ1v) is 5.83. The topological polar surface area (TPSA) is 32.3 Å². The molecular formula is C13H18N2O. The average molecular weight is 218 g/mol. The Balaban J connectivity index is 1.97. The predicted octanol–water partition coefficient (Wildman–Crippen LogP) is 0.833. The highest BCUT2D eigenvalue weighted by Gasteiger charge is 2.09. The molecule has 1 aromatic carbocycles. The third-order valence-electron chi connectivity index (χ3n) is 2.93. The summed E-state index contributed by atoms with van der Waals surface area (Å²) in [6.45, 7) is 5.37. The molecule has 1 aliphatic heterocycles. The second-order valence-electron chi connectivity index (χ2n) is 4.22. The zero-order chi connectivity index (χ0) is 11.2. The molecule has 16 heavy (non-hydrogen) atoms. The monoisotopic (exact) mass is 218 g/mol. The Labute approximate surface area is 96.5 Å². The first kappa shape index (κ1) is 11.3. The zero-order valence-electron chi connectivity index (χ0n) is 9.48. The largest absolute Gasteiger partial charge is 0.314 e. The van der Waals surface area contributed by atoms with Crippen molar-refractivity contribution in [3.05, 3.63) is 35.4 Å². The number of hydrogen-bond acceptors (Lipinski definition) is 3. The molecule has 1 saturated heterocycles. The number of piperazine rings is 1. The number of aldehydes is 1. The molecule has 1 N–H and O–H groups in total. The van der Waals surface area contributed by atoms with E-state index < -0.39 is 0 Å². The van der Waals surface area contributed by atoms with Crippen molar-refractivity contribution in [2.75, 3.05) is 26.2 Å². The number of carbonyl (C=O) groups excluding carboxylic acids is 1. The summed E-state index contributed by atoms with van der Waals surface area (Å²) >= 11 is 0. The van der Waals surface area contributed by atoms with Crippen LogP contribution in [0.5, 0.6) is 0 Å². The van der Waals surface area contributed by atoms with Gasteiger partial charge in [0.15, 0.2) is 0 Å². The van der Waals surface area contributed by atoms with Gasteiger partial charge in [0.1, 0.15) is 6.29 Å². The molecule has 0 radical (unpaired) electrons. The van der Waals surface area contributed by atoms with E-state index in [-0.39, 0.29) is 0 Å². The summed E-state index contributed by atoms with van der Waals surface area (Å²) in [5.41, 5.74) is 2.42. The van der Waals surface area contributed by atoms with Crippen LogP contribution < -0.4 is 5.32 Å². The van der Waals surface area contributed by atoms with Crippen LogP contribution in [0.15, 0.2) is 24.3 Å². The van der Waals surface area contributed by atoms with Crippen LogP contribution in [-0.2, 0) is 17.8 Å². The van der Waals surface area contributed by atoms with E-state index in [4.69, 9.17) is 0 Å². The Morgan fingerprint density at radius 2 is 2.00 bits per heavy atom. The minimum absolute atomic E-state index is 0.523. The van der Waals surface area contributed by atoms with Crippen LogP contribution in [0.3, 0.4) is 0 Å². The van der Waals surface area contributed by atoms with E-state index in [9.17, 15) is 4.79 Å². The molecule has 3 nitrogen and oxygen atoms in total. The maximum Gasteiger partial charge on any atom is 0.124 e. The Bertz CT molecular complexity index is 346. The molecule has 1 heterocycles. The molecular weight excluding hydrogens is 200 g/mol. The van der Waals surface area contributed by atoms with Crippen molar-refractivity contribution < 1.29 is 4.79 Å². The quantitative estimate of drug-likeness (QED) is 0.760. The Morgan fingerprint density at radius 1 is 1.25 bits per heavy atom. The molecule has 0 spiro atoms. The van der Waals surface area contributed by atoms with E-state index in [0.29, 0.717) is 6.42 Å². The number of nitrogens with zero attached hydrogens (tertiary/aromatic N) is 1. The molecule has 86 valence electrons. The lowest BCUT2D eigenvalue weighted by atomic mass is 10.1. The smallest absolute Gasteiger partial charge is 0.124 e. The molecule has 1 aromatic rings. The van der Waals surface area contributed by atoms with E-state index >= 15 is 0 Å². The molecule has 3 heteroatoms. The number of benzene rings is 1. The molecule has 0 bridgehead atoms. The van der Waals surface area contributed by atoms with Gasteiger partial charge >= 0.3 is 0 Å². The van der Waals surface area contributed by atoms with Crippen molar-refractivity contribution >= 4 is 6.29 Å². The highest BCUT2D eigenvalue weighted by Crippen LogP contribution is 2.09. The van der Waals surface area contributed by atoms with E-state index in [1.807, 2.05) is 12.1 Å². The Hall–Kier alpha value is -1.19. The summed E-state index contributed by atoms with van der Waals surface area (Å²) in [5.74, 6) is 0. The standard InChI is InChI=1S/C13H18N2O/c16-9-4-12-2-1-3-13(10-12)11-15-7-5-14-6-8-15/h1-3,9-10,14H,4-8,11H2. The SMILES string of the molecule is O=CCc1cccc(CN2CCNCC2)c1. The zero-order valence-corrected chi connectivity index (χ0v) is 9.48. The second kappa shape index (κ2) is 5.77. The summed E-state index contributed by atoms with van der Waals surface area (Å²) in [6.07, 6.45) is 1.49. The number of carbonyl (C=O) groups is 1. The Morgan fingerprint density at radius 3 is 2.75 bits per heavy atom. The fourth-order valence-corrected chi connectivity index (χ4v) is 2.08. The van der Waals surface area contributed by atoms with Crippen molar-refractivity contribution in [2.45, 2.75) is 13.0 Å². The van der Waals surface area contributed by atoms with Crippen molar-refractivity contribution in [2.24, 2.45) is 0 Å². The number of nitrogens with one attached hydrogen (secondary N) is 1. The molecule has 1 aliphatic rings. The molecule has 2 rings (SSSR count). The van der Waals surface area contributed by atoms with Crippen LogP contribution in [0.4, 0.5) is 0 Å². The summed E-state index contributed by atoms with van der Waals surface area (Å²) < 4.78 is 0. The minimum atomic E-state index is 0.523. The van der Waals surface area contributed by atoms with Crippen LogP contribution in [0, 0.1) is 0 Å². The van der Waals surface area contributed by atoms with Gasteiger partial charge in [-0.15, -0.1) is 0 Å². The summed E-state index contributed by atoms with van der Waals surface area (Å²) in [7, 11) is 0. The first-order chi connectivity index (χ1) is 7.88. The van der Waals surface area contributed by atoms with Gasteiger partial charge in [-0.3, -0.25) is 4.90 Å². The van der Waals surface area contributed by atoms with Gasteiger partial charge in [0.25, 0.3) is 0 Å². The fourth-order valence-electron chi connectivity index (χ4n) is 2.08. The highest BCUT2D eigenvalue weighted by molar-refractivity contribution is 5.55. The summed E-state index contributed by atoms with van der Waals surface area (Å²) in [5, 5.41) is 3.34. The van der Waals surface area contributed by atoms with Crippen LogP contribution in [-0.4, -0.2) is 37.4 Å². The van der Waals surface area contributed by atoms with Crippen LogP contribution >= 0.6 is 0 Å². The molecule has 0 aromatic heterocycles. The predicted molar refractivity (Wildman–Crippen MR) is 64.4 cm³/mol. The van der Waals surface area contributed by atoms with Crippen molar-refractivity contribution in [1.29, 1.82) is 0 Å². The number of hydrogen-bond donors (Lipinski definition) is 1. The molecule has 0 atom stereocenters. The second-order valence-corrected chi connectivity index (χ2v) is 4.22. The molecule has 1 fully saturated rings.